The number of aliphatic hydroxyl groups is 1. The van der Waals surface area contributed by atoms with Crippen LogP contribution in [0.4, 0.5) is 8.78 Å². The molecule has 1 aromatic rings. The Bertz CT molecular complexity index is 335. The Balaban J connectivity index is 2.73. The van der Waals surface area contributed by atoms with E-state index in [1.54, 1.807) is 0 Å². The Morgan fingerprint density at radius 1 is 1.33 bits per heavy atom. The van der Waals surface area contributed by atoms with Crippen molar-refractivity contribution >= 4 is 17.5 Å². The zero-order chi connectivity index (χ0) is 11.3. The van der Waals surface area contributed by atoms with Crippen LogP contribution in [0.3, 0.4) is 0 Å². The molecule has 0 aromatic heterocycles. The average molecular weight is 232 g/mol. The first-order valence-corrected chi connectivity index (χ1v) is 5.48. The lowest BCUT2D eigenvalue weighted by molar-refractivity contribution is 0.101. The molecule has 0 atom stereocenters. The van der Waals surface area contributed by atoms with E-state index < -0.39 is 23.0 Å². The fourth-order valence-electron chi connectivity index (χ4n) is 1.07. The van der Waals surface area contributed by atoms with Crippen molar-refractivity contribution < 1.29 is 18.7 Å². The molecule has 15 heavy (non-hydrogen) atoms. The molecule has 0 aliphatic rings. The van der Waals surface area contributed by atoms with Gasteiger partial charge in [-0.25, -0.2) is 8.78 Å². The molecule has 82 valence electrons. The standard InChI is InChI=1S/C10H10F2O2S/c11-7-2-1-3-8(12)10(7)9(14)6-15-5-4-13/h1-3,13H,4-6H2. The van der Waals surface area contributed by atoms with Crippen molar-refractivity contribution in [2.24, 2.45) is 0 Å². The van der Waals surface area contributed by atoms with Crippen LogP contribution in [0.1, 0.15) is 10.4 Å². The fraction of sp³-hybridized carbons (Fsp3) is 0.300. The number of hydrogen-bond donors (Lipinski definition) is 1. The van der Waals surface area contributed by atoms with Crippen LogP contribution in [0.15, 0.2) is 18.2 Å². The monoisotopic (exact) mass is 232 g/mol. The van der Waals surface area contributed by atoms with E-state index in [2.05, 4.69) is 0 Å². The second-order valence-corrected chi connectivity index (χ2v) is 3.90. The highest BCUT2D eigenvalue weighted by atomic mass is 32.2. The van der Waals surface area contributed by atoms with Gasteiger partial charge in [-0.05, 0) is 12.1 Å². The van der Waals surface area contributed by atoms with Crippen molar-refractivity contribution in [1.82, 2.24) is 0 Å². The summed E-state index contributed by atoms with van der Waals surface area (Å²) in [6.07, 6.45) is 0. The number of ketones is 1. The van der Waals surface area contributed by atoms with Gasteiger partial charge in [0.2, 0.25) is 0 Å². The van der Waals surface area contributed by atoms with Gasteiger partial charge in [0.15, 0.2) is 5.78 Å². The SMILES string of the molecule is O=C(CSCCO)c1c(F)cccc1F. The number of benzene rings is 1. The maximum absolute atomic E-state index is 13.1. The number of aliphatic hydroxyl groups excluding tert-OH is 1. The number of carbonyl (C=O) groups excluding carboxylic acids is 1. The lowest BCUT2D eigenvalue weighted by atomic mass is 10.1. The van der Waals surface area contributed by atoms with Crippen molar-refractivity contribution in [3.63, 3.8) is 0 Å². The van der Waals surface area contributed by atoms with E-state index in [4.69, 9.17) is 5.11 Å². The number of thioether (sulfide) groups is 1. The molecular formula is C10H10F2O2S. The molecule has 1 rings (SSSR count). The van der Waals surface area contributed by atoms with Crippen LogP contribution in [0.2, 0.25) is 0 Å². The molecule has 0 unspecified atom stereocenters. The summed E-state index contributed by atoms with van der Waals surface area (Å²) in [6, 6.07) is 3.31. The molecule has 0 saturated carbocycles. The van der Waals surface area contributed by atoms with Gasteiger partial charge < -0.3 is 5.11 Å². The Labute approximate surface area is 90.3 Å². The smallest absolute Gasteiger partial charge is 0.178 e. The maximum atomic E-state index is 13.1. The summed E-state index contributed by atoms with van der Waals surface area (Å²) in [5.74, 6) is -1.93. The number of hydrogen-bond acceptors (Lipinski definition) is 3. The van der Waals surface area contributed by atoms with E-state index in [1.165, 1.54) is 6.07 Å². The van der Waals surface area contributed by atoms with E-state index in [0.717, 1.165) is 23.9 Å². The van der Waals surface area contributed by atoms with Crippen molar-refractivity contribution in [2.45, 2.75) is 0 Å². The van der Waals surface area contributed by atoms with Gasteiger partial charge in [-0.2, -0.15) is 11.8 Å². The van der Waals surface area contributed by atoms with E-state index in [0.29, 0.717) is 5.75 Å². The van der Waals surface area contributed by atoms with Gasteiger partial charge in [0.25, 0.3) is 0 Å². The summed E-state index contributed by atoms with van der Waals surface area (Å²) in [4.78, 5) is 11.4. The quantitative estimate of drug-likeness (QED) is 0.622. The molecule has 0 fully saturated rings. The number of halogens is 2. The minimum absolute atomic E-state index is 0.0294. The first-order chi connectivity index (χ1) is 7.16. The first kappa shape index (κ1) is 12.1. The minimum atomic E-state index is -0.843. The Morgan fingerprint density at radius 2 is 1.93 bits per heavy atom. The molecule has 1 aromatic carbocycles. The number of rotatable bonds is 5. The second-order valence-electron chi connectivity index (χ2n) is 2.80. The molecule has 1 N–H and O–H groups in total. The van der Waals surface area contributed by atoms with Crippen LogP contribution in [0.5, 0.6) is 0 Å². The zero-order valence-electron chi connectivity index (χ0n) is 7.87. The van der Waals surface area contributed by atoms with Crippen LogP contribution in [-0.4, -0.2) is 29.0 Å². The highest BCUT2D eigenvalue weighted by molar-refractivity contribution is 8.00. The van der Waals surface area contributed by atoms with Crippen LogP contribution in [-0.2, 0) is 0 Å². The topological polar surface area (TPSA) is 37.3 Å². The summed E-state index contributed by atoms with van der Waals surface area (Å²) in [5, 5.41) is 8.48. The van der Waals surface area contributed by atoms with Gasteiger partial charge in [-0.15, -0.1) is 0 Å². The second kappa shape index (κ2) is 5.82. The van der Waals surface area contributed by atoms with Gasteiger partial charge in [-0.3, -0.25) is 4.79 Å². The van der Waals surface area contributed by atoms with Crippen LogP contribution < -0.4 is 0 Å². The van der Waals surface area contributed by atoms with E-state index in [1.807, 2.05) is 0 Å². The number of Topliss-reactive ketones (excluding diaryl/α,β-unsaturated/α-hetero) is 1. The Kier molecular flexibility index (Phi) is 4.71. The number of carbonyl (C=O) groups is 1. The van der Waals surface area contributed by atoms with Crippen LogP contribution in [0, 0.1) is 11.6 Å². The summed E-state index contributed by atoms with van der Waals surface area (Å²) >= 11 is 1.14. The third kappa shape index (κ3) is 3.28. The molecule has 5 heteroatoms. The predicted molar refractivity (Wildman–Crippen MR) is 55.1 cm³/mol. The van der Waals surface area contributed by atoms with Crippen LogP contribution in [0.25, 0.3) is 0 Å². The summed E-state index contributed by atoms with van der Waals surface area (Å²) in [5.41, 5.74) is -0.497. The zero-order valence-corrected chi connectivity index (χ0v) is 8.69. The summed E-state index contributed by atoms with van der Waals surface area (Å²) < 4.78 is 26.2. The van der Waals surface area contributed by atoms with Crippen molar-refractivity contribution in [2.75, 3.05) is 18.1 Å². The predicted octanol–water partition coefficient (Wildman–Crippen LogP) is 1.87. The fourth-order valence-corrected chi connectivity index (χ4v) is 1.67. The largest absolute Gasteiger partial charge is 0.396 e. The normalized spacial score (nSPS) is 10.3. The molecule has 0 bridgehead atoms. The molecule has 0 radical (unpaired) electrons. The Morgan fingerprint density at radius 3 is 2.47 bits per heavy atom. The van der Waals surface area contributed by atoms with Crippen LogP contribution >= 0.6 is 11.8 Å². The van der Waals surface area contributed by atoms with Gasteiger partial charge in [0.05, 0.1) is 17.9 Å². The molecule has 0 aliphatic heterocycles. The summed E-state index contributed by atoms with van der Waals surface area (Å²) in [6.45, 7) is -0.0578. The summed E-state index contributed by atoms with van der Waals surface area (Å²) in [7, 11) is 0. The lowest BCUT2D eigenvalue weighted by Crippen LogP contribution is -2.09. The third-order valence-corrected chi connectivity index (χ3v) is 2.65. The average Bonchev–Trinajstić information content (AvgIpc) is 2.18. The minimum Gasteiger partial charge on any atom is -0.396 e. The highest BCUT2D eigenvalue weighted by Gasteiger charge is 2.16. The molecule has 0 amide bonds. The molecular weight excluding hydrogens is 222 g/mol. The lowest BCUT2D eigenvalue weighted by Gasteiger charge is -2.03. The molecule has 0 spiro atoms. The van der Waals surface area contributed by atoms with E-state index in [9.17, 15) is 13.6 Å². The van der Waals surface area contributed by atoms with Crippen molar-refractivity contribution in [3.05, 3.63) is 35.4 Å². The van der Waals surface area contributed by atoms with Crippen molar-refractivity contribution in [1.29, 1.82) is 0 Å². The first-order valence-electron chi connectivity index (χ1n) is 4.32. The van der Waals surface area contributed by atoms with E-state index in [-0.39, 0.29) is 12.4 Å². The molecule has 0 saturated heterocycles. The van der Waals surface area contributed by atoms with Gasteiger partial charge in [0.1, 0.15) is 11.6 Å². The molecule has 2 nitrogen and oxygen atoms in total. The van der Waals surface area contributed by atoms with Gasteiger partial charge in [-0.1, -0.05) is 6.07 Å². The third-order valence-electron chi connectivity index (χ3n) is 1.71. The molecule has 0 heterocycles. The maximum Gasteiger partial charge on any atom is 0.178 e. The Hall–Kier alpha value is -0.940. The highest BCUT2D eigenvalue weighted by Crippen LogP contribution is 2.15. The molecule has 0 aliphatic carbocycles. The van der Waals surface area contributed by atoms with Gasteiger partial charge >= 0.3 is 0 Å². The van der Waals surface area contributed by atoms with E-state index >= 15 is 0 Å². The van der Waals surface area contributed by atoms with Crippen molar-refractivity contribution in [3.8, 4) is 0 Å². The van der Waals surface area contributed by atoms with Gasteiger partial charge in [0, 0.05) is 5.75 Å².